The van der Waals surface area contributed by atoms with Gasteiger partial charge in [-0.1, -0.05) is 19.3 Å². The lowest BCUT2D eigenvalue weighted by atomic mass is 9.89. The standard InChI is InChI=1S/C16H24N2O2/c19-15-14(11-8-9-11)18(12-4-2-1-3-5-12)16(20)13(17-15)10-6-7-10/h10-14H,1-9H2,(H,17,19). The number of nitrogens with zero attached hydrogens (tertiary/aromatic N) is 1. The smallest absolute Gasteiger partial charge is 0.246 e. The number of amides is 2. The molecule has 4 aliphatic rings. The minimum atomic E-state index is -0.209. The molecule has 0 spiro atoms. The molecule has 1 aliphatic heterocycles. The fourth-order valence-corrected chi connectivity index (χ4v) is 4.09. The molecule has 1 N–H and O–H groups in total. The third-order valence-electron chi connectivity index (χ3n) is 5.52. The van der Waals surface area contributed by atoms with Crippen molar-refractivity contribution in [2.24, 2.45) is 11.8 Å². The van der Waals surface area contributed by atoms with Gasteiger partial charge in [0.1, 0.15) is 12.1 Å². The first-order valence-electron chi connectivity index (χ1n) is 8.38. The van der Waals surface area contributed by atoms with Crippen LogP contribution >= 0.6 is 0 Å². The van der Waals surface area contributed by atoms with E-state index in [1.807, 2.05) is 4.90 Å². The molecular weight excluding hydrogens is 252 g/mol. The molecule has 2 amide bonds. The zero-order valence-electron chi connectivity index (χ0n) is 12.0. The van der Waals surface area contributed by atoms with Gasteiger partial charge in [-0.3, -0.25) is 9.59 Å². The summed E-state index contributed by atoms with van der Waals surface area (Å²) >= 11 is 0. The molecule has 0 bridgehead atoms. The Kier molecular flexibility index (Phi) is 3.00. The van der Waals surface area contributed by atoms with Gasteiger partial charge in [0.05, 0.1) is 0 Å². The lowest BCUT2D eigenvalue weighted by molar-refractivity contribution is -0.154. The van der Waals surface area contributed by atoms with Crippen molar-refractivity contribution >= 4 is 11.8 Å². The largest absolute Gasteiger partial charge is 0.342 e. The van der Waals surface area contributed by atoms with Crippen molar-refractivity contribution in [2.75, 3.05) is 0 Å². The van der Waals surface area contributed by atoms with Crippen molar-refractivity contribution in [2.45, 2.75) is 75.9 Å². The Bertz CT molecular complexity index is 422. The van der Waals surface area contributed by atoms with Gasteiger partial charge in [-0.2, -0.15) is 0 Å². The molecular formula is C16H24N2O2. The van der Waals surface area contributed by atoms with E-state index in [0.717, 1.165) is 38.5 Å². The van der Waals surface area contributed by atoms with Crippen LogP contribution in [0.25, 0.3) is 0 Å². The molecule has 2 atom stereocenters. The number of carbonyl (C=O) groups excluding carboxylic acids is 2. The van der Waals surface area contributed by atoms with Gasteiger partial charge in [-0.15, -0.1) is 0 Å². The predicted molar refractivity (Wildman–Crippen MR) is 74.9 cm³/mol. The highest BCUT2D eigenvalue weighted by atomic mass is 16.2. The molecule has 2 unspecified atom stereocenters. The maximum atomic E-state index is 12.9. The van der Waals surface area contributed by atoms with Gasteiger partial charge in [-0.25, -0.2) is 0 Å². The number of nitrogens with one attached hydrogen (secondary N) is 1. The summed E-state index contributed by atoms with van der Waals surface area (Å²) in [6.07, 6.45) is 10.3. The molecule has 3 aliphatic carbocycles. The summed E-state index contributed by atoms with van der Waals surface area (Å²) in [5.41, 5.74) is 0. The van der Waals surface area contributed by atoms with Crippen LogP contribution in [0.2, 0.25) is 0 Å². The van der Waals surface area contributed by atoms with Crippen LogP contribution < -0.4 is 5.32 Å². The van der Waals surface area contributed by atoms with Gasteiger partial charge in [0.15, 0.2) is 0 Å². The number of piperazine rings is 1. The van der Waals surface area contributed by atoms with E-state index in [1.165, 1.54) is 19.3 Å². The average Bonchev–Trinajstić information content (AvgIpc) is 3.34. The number of carbonyl (C=O) groups is 2. The Balaban J connectivity index is 1.60. The van der Waals surface area contributed by atoms with Crippen LogP contribution in [0.4, 0.5) is 0 Å². The van der Waals surface area contributed by atoms with Crippen molar-refractivity contribution in [3.8, 4) is 0 Å². The van der Waals surface area contributed by atoms with Crippen LogP contribution in [0, 0.1) is 11.8 Å². The highest BCUT2D eigenvalue weighted by Crippen LogP contribution is 2.42. The Hall–Kier alpha value is -1.06. The Morgan fingerprint density at radius 2 is 1.50 bits per heavy atom. The SMILES string of the molecule is O=C1NC(C2CC2)C(=O)N(C2CCCCC2)C1C1CC1. The van der Waals surface area contributed by atoms with Crippen molar-refractivity contribution in [3.63, 3.8) is 0 Å². The second-order valence-corrected chi connectivity index (χ2v) is 7.14. The van der Waals surface area contributed by atoms with Crippen molar-refractivity contribution < 1.29 is 9.59 Å². The molecule has 3 saturated carbocycles. The maximum absolute atomic E-state index is 12.9. The fourth-order valence-electron chi connectivity index (χ4n) is 4.09. The molecule has 110 valence electrons. The molecule has 0 aromatic heterocycles. The van der Waals surface area contributed by atoms with E-state index >= 15 is 0 Å². The zero-order chi connectivity index (χ0) is 13.7. The molecule has 4 fully saturated rings. The normalized spacial score (nSPS) is 36.1. The highest BCUT2D eigenvalue weighted by molar-refractivity contribution is 5.98. The summed E-state index contributed by atoms with van der Waals surface area (Å²) in [6, 6.07) is -0.0332. The van der Waals surface area contributed by atoms with Crippen molar-refractivity contribution in [1.82, 2.24) is 10.2 Å². The lowest BCUT2D eigenvalue weighted by Gasteiger charge is -2.45. The van der Waals surface area contributed by atoms with E-state index in [1.54, 1.807) is 0 Å². The minimum absolute atomic E-state index is 0.134. The predicted octanol–water partition coefficient (Wildman–Crippen LogP) is 1.83. The first-order valence-corrected chi connectivity index (χ1v) is 8.38. The molecule has 20 heavy (non-hydrogen) atoms. The fraction of sp³-hybridized carbons (Fsp3) is 0.875. The van der Waals surface area contributed by atoms with Crippen LogP contribution in [-0.2, 0) is 9.59 Å². The van der Waals surface area contributed by atoms with E-state index in [0.29, 0.717) is 17.9 Å². The summed E-state index contributed by atoms with van der Waals surface area (Å²) in [5.74, 6) is 1.21. The van der Waals surface area contributed by atoms with Crippen LogP contribution in [0.1, 0.15) is 57.8 Å². The number of rotatable bonds is 3. The van der Waals surface area contributed by atoms with Gasteiger partial charge in [-0.05, 0) is 50.4 Å². The Morgan fingerprint density at radius 3 is 2.10 bits per heavy atom. The molecule has 1 heterocycles. The number of hydrogen-bond acceptors (Lipinski definition) is 2. The summed E-state index contributed by atoms with van der Waals surface area (Å²) < 4.78 is 0. The molecule has 1 saturated heterocycles. The van der Waals surface area contributed by atoms with E-state index < -0.39 is 0 Å². The Labute approximate surface area is 120 Å². The maximum Gasteiger partial charge on any atom is 0.246 e. The highest BCUT2D eigenvalue weighted by Gasteiger charge is 2.52. The molecule has 4 nitrogen and oxygen atoms in total. The molecule has 4 heteroatoms. The van der Waals surface area contributed by atoms with Crippen LogP contribution in [0.5, 0.6) is 0 Å². The van der Waals surface area contributed by atoms with Crippen molar-refractivity contribution in [3.05, 3.63) is 0 Å². The summed E-state index contributed by atoms with van der Waals surface area (Å²) in [7, 11) is 0. The van der Waals surface area contributed by atoms with Gasteiger partial charge < -0.3 is 10.2 Å². The second kappa shape index (κ2) is 4.74. The zero-order valence-corrected chi connectivity index (χ0v) is 12.0. The topological polar surface area (TPSA) is 49.4 Å². The van der Waals surface area contributed by atoms with E-state index in [9.17, 15) is 9.59 Å². The third kappa shape index (κ3) is 2.13. The van der Waals surface area contributed by atoms with Gasteiger partial charge in [0.2, 0.25) is 11.8 Å². The molecule has 0 aromatic rings. The molecule has 0 radical (unpaired) electrons. The third-order valence-corrected chi connectivity index (χ3v) is 5.52. The van der Waals surface area contributed by atoms with Crippen LogP contribution in [0.15, 0.2) is 0 Å². The first kappa shape index (κ1) is 12.7. The summed E-state index contributed by atoms with van der Waals surface area (Å²) in [5, 5.41) is 3.04. The van der Waals surface area contributed by atoms with E-state index in [2.05, 4.69) is 5.32 Å². The van der Waals surface area contributed by atoms with E-state index in [-0.39, 0.29) is 23.9 Å². The second-order valence-electron chi connectivity index (χ2n) is 7.14. The summed E-state index contributed by atoms with van der Waals surface area (Å²) in [4.78, 5) is 27.5. The van der Waals surface area contributed by atoms with Gasteiger partial charge in [0, 0.05) is 6.04 Å². The van der Waals surface area contributed by atoms with Gasteiger partial charge in [0.25, 0.3) is 0 Å². The van der Waals surface area contributed by atoms with Crippen molar-refractivity contribution in [1.29, 1.82) is 0 Å². The van der Waals surface area contributed by atoms with Crippen LogP contribution in [-0.4, -0.2) is 34.8 Å². The quantitative estimate of drug-likeness (QED) is 0.855. The van der Waals surface area contributed by atoms with Crippen LogP contribution in [0.3, 0.4) is 0 Å². The minimum Gasteiger partial charge on any atom is -0.342 e. The lowest BCUT2D eigenvalue weighted by Crippen LogP contribution is -2.67. The Morgan fingerprint density at radius 1 is 0.850 bits per heavy atom. The summed E-state index contributed by atoms with van der Waals surface area (Å²) in [6.45, 7) is 0. The first-order chi connectivity index (χ1) is 9.75. The van der Waals surface area contributed by atoms with Gasteiger partial charge >= 0.3 is 0 Å². The molecule has 0 aromatic carbocycles. The molecule has 4 rings (SSSR count). The van der Waals surface area contributed by atoms with E-state index in [4.69, 9.17) is 0 Å². The average molecular weight is 276 g/mol. The monoisotopic (exact) mass is 276 g/mol. The number of hydrogen-bond donors (Lipinski definition) is 1.